The van der Waals surface area contributed by atoms with Crippen LogP contribution in [0.5, 0.6) is 0 Å². The van der Waals surface area contributed by atoms with Gasteiger partial charge in [-0.1, -0.05) is 125 Å². The molecule has 11 rings (SSSR count). The number of rotatable bonds is 2. The van der Waals surface area contributed by atoms with Crippen molar-refractivity contribution in [3.8, 4) is 39.1 Å². The van der Waals surface area contributed by atoms with Gasteiger partial charge in [0.2, 0.25) is 0 Å². The van der Waals surface area contributed by atoms with E-state index in [0.717, 1.165) is 21.9 Å². The zero-order valence-corrected chi connectivity index (χ0v) is 28.6. The SMILES string of the molecule is CC1(C)c2cc(-c3ccc4oc5ccccc5c4c3)ccc2-c2ccc(-n3c4ccccc4c4ccc5c(c43)C(C)(C)c3ccccc3-5)cc21. The number of hydrogen-bond acceptors (Lipinski definition) is 1. The van der Waals surface area contributed by atoms with Gasteiger partial charge in [-0.25, -0.2) is 0 Å². The van der Waals surface area contributed by atoms with Gasteiger partial charge in [0, 0.05) is 38.1 Å². The first-order valence-electron chi connectivity index (χ1n) is 17.7. The molecule has 2 aliphatic carbocycles. The van der Waals surface area contributed by atoms with Gasteiger partial charge in [0.25, 0.3) is 0 Å². The molecule has 0 saturated heterocycles. The van der Waals surface area contributed by atoms with Crippen LogP contribution >= 0.6 is 0 Å². The van der Waals surface area contributed by atoms with E-state index in [2.05, 4.69) is 160 Å². The van der Waals surface area contributed by atoms with Crippen molar-refractivity contribution in [1.29, 1.82) is 0 Å². The van der Waals surface area contributed by atoms with Crippen LogP contribution in [-0.2, 0) is 10.8 Å². The molecule has 0 atom stereocenters. The molecule has 0 N–H and O–H groups in total. The van der Waals surface area contributed by atoms with Crippen LogP contribution in [0.15, 0.2) is 144 Å². The van der Waals surface area contributed by atoms with E-state index in [-0.39, 0.29) is 10.8 Å². The minimum atomic E-state index is -0.167. The summed E-state index contributed by atoms with van der Waals surface area (Å²) in [7, 11) is 0. The molecule has 2 aromatic heterocycles. The molecule has 50 heavy (non-hydrogen) atoms. The lowest BCUT2D eigenvalue weighted by molar-refractivity contribution is 0.659. The lowest BCUT2D eigenvalue weighted by Gasteiger charge is -2.25. The Kier molecular flexibility index (Phi) is 5.28. The molecule has 0 unspecified atom stereocenters. The first-order valence-corrected chi connectivity index (χ1v) is 17.7. The van der Waals surface area contributed by atoms with Gasteiger partial charge in [-0.2, -0.15) is 0 Å². The summed E-state index contributed by atoms with van der Waals surface area (Å²) < 4.78 is 8.69. The van der Waals surface area contributed by atoms with E-state index < -0.39 is 0 Å². The van der Waals surface area contributed by atoms with Gasteiger partial charge in [0.1, 0.15) is 11.2 Å². The van der Waals surface area contributed by atoms with Crippen molar-refractivity contribution in [2.75, 3.05) is 0 Å². The lowest BCUT2D eigenvalue weighted by Crippen LogP contribution is -2.17. The van der Waals surface area contributed by atoms with Gasteiger partial charge in [0.15, 0.2) is 0 Å². The van der Waals surface area contributed by atoms with E-state index >= 15 is 0 Å². The van der Waals surface area contributed by atoms with Crippen molar-refractivity contribution in [2.45, 2.75) is 38.5 Å². The van der Waals surface area contributed by atoms with Gasteiger partial charge < -0.3 is 8.98 Å². The molecule has 0 aliphatic heterocycles. The molecule has 0 radical (unpaired) electrons. The predicted molar refractivity (Wildman–Crippen MR) is 209 cm³/mol. The number of hydrogen-bond donors (Lipinski definition) is 0. The third-order valence-corrected chi connectivity index (χ3v) is 12.0. The van der Waals surface area contributed by atoms with Gasteiger partial charge in [-0.05, 0) is 98.1 Å². The minimum Gasteiger partial charge on any atom is -0.456 e. The molecule has 2 aliphatic rings. The van der Waals surface area contributed by atoms with E-state index in [1.165, 1.54) is 83.1 Å². The molecule has 0 amide bonds. The van der Waals surface area contributed by atoms with E-state index in [1.807, 2.05) is 12.1 Å². The molecule has 0 bridgehead atoms. The Bertz CT molecular complexity index is 2930. The number of fused-ring (bicyclic) bond motifs is 13. The summed E-state index contributed by atoms with van der Waals surface area (Å²) in [5.74, 6) is 0. The van der Waals surface area contributed by atoms with E-state index in [9.17, 15) is 0 Å². The minimum absolute atomic E-state index is 0.119. The summed E-state index contributed by atoms with van der Waals surface area (Å²) in [5.41, 5.74) is 18.7. The normalized spacial score (nSPS) is 15.1. The maximum absolute atomic E-state index is 6.14. The number of aromatic nitrogens is 1. The molecular weight excluding hydrogens is 607 g/mol. The smallest absolute Gasteiger partial charge is 0.135 e. The second-order valence-corrected chi connectivity index (χ2v) is 15.3. The topological polar surface area (TPSA) is 18.1 Å². The highest BCUT2D eigenvalue weighted by atomic mass is 16.3. The van der Waals surface area contributed by atoms with Crippen molar-refractivity contribution < 1.29 is 4.42 Å². The summed E-state index contributed by atoms with van der Waals surface area (Å²) in [6.07, 6.45) is 0. The Labute approximate surface area is 291 Å². The zero-order valence-electron chi connectivity index (χ0n) is 28.6. The molecule has 2 heteroatoms. The summed E-state index contributed by atoms with van der Waals surface area (Å²) in [5, 5.41) is 4.94. The van der Waals surface area contributed by atoms with E-state index in [4.69, 9.17) is 4.42 Å². The van der Waals surface area contributed by atoms with Gasteiger partial charge in [0.05, 0.1) is 11.0 Å². The lowest BCUT2D eigenvalue weighted by atomic mass is 9.81. The molecule has 0 fully saturated rings. The molecule has 0 saturated carbocycles. The van der Waals surface area contributed by atoms with Crippen LogP contribution in [0, 0.1) is 0 Å². The second-order valence-electron chi connectivity index (χ2n) is 15.3. The number of para-hydroxylation sites is 2. The molecular formula is C48H35NO. The molecule has 9 aromatic rings. The fraction of sp³-hybridized carbons (Fsp3) is 0.125. The van der Waals surface area contributed by atoms with Crippen LogP contribution < -0.4 is 0 Å². The number of nitrogens with zero attached hydrogens (tertiary/aromatic N) is 1. The number of furan rings is 1. The van der Waals surface area contributed by atoms with E-state index in [1.54, 1.807) is 0 Å². The maximum Gasteiger partial charge on any atom is 0.135 e. The van der Waals surface area contributed by atoms with Crippen molar-refractivity contribution in [2.24, 2.45) is 0 Å². The van der Waals surface area contributed by atoms with Crippen molar-refractivity contribution in [1.82, 2.24) is 4.57 Å². The summed E-state index contributed by atoms with van der Waals surface area (Å²) in [6, 6.07) is 51.7. The average Bonchev–Trinajstić information content (AvgIpc) is 3.82. The molecule has 2 nitrogen and oxygen atoms in total. The standard InChI is InChI=1S/C48H35NO/c1-47(2)40-26-29(28-18-24-44-38(25-28)35-13-7-10-16-43(35)50-44)17-20-32(40)33-21-19-30(27-41(33)47)49-42-15-9-6-12-34(42)37-23-22-36-31-11-5-8-14-39(31)48(3,4)45(36)46(37)49/h5-27H,1-4H3. The summed E-state index contributed by atoms with van der Waals surface area (Å²) in [6.45, 7) is 9.57. The molecule has 238 valence electrons. The second kappa shape index (κ2) is 9.43. The van der Waals surface area contributed by atoms with Gasteiger partial charge in [-0.3, -0.25) is 0 Å². The predicted octanol–water partition coefficient (Wildman–Crippen LogP) is 13.0. The summed E-state index contributed by atoms with van der Waals surface area (Å²) >= 11 is 0. The quantitative estimate of drug-likeness (QED) is 0.184. The van der Waals surface area contributed by atoms with Crippen LogP contribution in [0.4, 0.5) is 0 Å². The fourth-order valence-electron chi connectivity index (χ4n) is 9.53. The highest BCUT2D eigenvalue weighted by Gasteiger charge is 2.39. The monoisotopic (exact) mass is 641 g/mol. The van der Waals surface area contributed by atoms with Crippen LogP contribution in [-0.4, -0.2) is 4.57 Å². The van der Waals surface area contributed by atoms with Crippen molar-refractivity contribution in [3.63, 3.8) is 0 Å². The zero-order chi connectivity index (χ0) is 33.5. The van der Waals surface area contributed by atoms with E-state index in [0.29, 0.717) is 0 Å². The highest BCUT2D eigenvalue weighted by molar-refractivity contribution is 6.13. The fourth-order valence-corrected chi connectivity index (χ4v) is 9.53. The highest BCUT2D eigenvalue weighted by Crippen LogP contribution is 2.54. The first kappa shape index (κ1) is 28.0. The third kappa shape index (κ3) is 3.48. The van der Waals surface area contributed by atoms with Crippen LogP contribution in [0.2, 0.25) is 0 Å². The van der Waals surface area contributed by atoms with Crippen LogP contribution in [0.3, 0.4) is 0 Å². The Morgan fingerprint density at radius 3 is 1.96 bits per heavy atom. The average molecular weight is 642 g/mol. The van der Waals surface area contributed by atoms with Crippen LogP contribution in [0.25, 0.3) is 82.8 Å². The maximum atomic E-state index is 6.14. The largest absolute Gasteiger partial charge is 0.456 e. The number of benzene rings is 7. The van der Waals surface area contributed by atoms with Crippen molar-refractivity contribution in [3.05, 3.63) is 162 Å². The Morgan fingerprint density at radius 2 is 1.08 bits per heavy atom. The molecule has 7 aromatic carbocycles. The van der Waals surface area contributed by atoms with Gasteiger partial charge in [-0.15, -0.1) is 0 Å². The molecule has 2 heterocycles. The van der Waals surface area contributed by atoms with Crippen molar-refractivity contribution >= 4 is 43.7 Å². The van der Waals surface area contributed by atoms with Gasteiger partial charge >= 0.3 is 0 Å². The Balaban J connectivity index is 1.09. The third-order valence-electron chi connectivity index (χ3n) is 12.0. The Hall–Kier alpha value is -5.86. The summed E-state index contributed by atoms with van der Waals surface area (Å²) in [4.78, 5) is 0. The Morgan fingerprint density at radius 1 is 0.440 bits per heavy atom. The first-order chi connectivity index (χ1) is 24.3. The van der Waals surface area contributed by atoms with Crippen LogP contribution in [0.1, 0.15) is 49.9 Å². The molecule has 0 spiro atoms.